The summed E-state index contributed by atoms with van der Waals surface area (Å²) >= 11 is 0. The summed E-state index contributed by atoms with van der Waals surface area (Å²) < 4.78 is 28.3. The van der Waals surface area contributed by atoms with E-state index in [-0.39, 0.29) is 5.56 Å². The lowest BCUT2D eigenvalue weighted by Crippen LogP contribution is -1.98. The maximum Gasteiger partial charge on any atom is 0.135 e. The molecule has 2 aromatic carbocycles. The van der Waals surface area contributed by atoms with Crippen molar-refractivity contribution >= 4 is 12.4 Å². The SMILES string of the molecule is CCCCCCCc1cc(F)c(C=NN=Cc2ccc(C)cc2)c(F)c1. The summed E-state index contributed by atoms with van der Waals surface area (Å²) in [6, 6.07) is 10.5. The van der Waals surface area contributed by atoms with Crippen molar-refractivity contribution in [1.82, 2.24) is 0 Å². The Labute approximate surface area is 154 Å². The quantitative estimate of drug-likeness (QED) is 0.289. The summed E-state index contributed by atoms with van der Waals surface area (Å²) in [7, 11) is 0. The van der Waals surface area contributed by atoms with Crippen molar-refractivity contribution in [2.75, 3.05) is 0 Å². The van der Waals surface area contributed by atoms with Gasteiger partial charge in [0, 0.05) is 0 Å². The molecule has 2 aromatic rings. The zero-order valence-corrected chi connectivity index (χ0v) is 15.5. The number of aryl methyl sites for hydroxylation is 2. The molecule has 0 aliphatic carbocycles. The first-order valence-corrected chi connectivity index (χ1v) is 9.21. The highest BCUT2D eigenvalue weighted by atomic mass is 19.1. The fourth-order valence-corrected chi connectivity index (χ4v) is 2.68. The molecule has 0 fully saturated rings. The fraction of sp³-hybridized carbons (Fsp3) is 0.364. The Morgan fingerprint density at radius 1 is 0.846 bits per heavy atom. The van der Waals surface area contributed by atoms with E-state index in [0.29, 0.717) is 12.0 Å². The van der Waals surface area contributed by atoms with Gasteiger partial charge in [-0.05, 0) is 43.0 Å². The van der Waals surface area contributed by atoms with Crippen LogP contribution in [0.15, 0.2) is 46.6 Å². The first-order chi connectivity index (χ1) is 12.6. The second-order valence-electron chi connectivity index (χ2n) is 6.54. The second-order valence-corrected chi connectivity index (χ2v) is 6.54. The number of halogens is 2. The highest BCUT2D eigenvalue weighted by Gasteiger charge is 2.09. The summed E-state index contributed by atoms with van der Waals surface area (Å²) in [6.45, 7) is 4.16. The molecule has 0 aromatic heterocycles. The molecule has 0 heterocycles. The fourth-order valence-electron chi connectivity index (χ4n) is 2.68. The molecule has 2 rings (SSSR count). The standard InChI is InChI=1S/C22H26F2N2/c1-3-4-5-6-7-8-19-13-21(23)20(22(24)14-19)16-26-25-15-18-11-9-17(2)10-12-18/h9-16H,3-8H2,1-2H3. The minimum absolute atomic E-state index is 0.152. The van der Waals surface area contributed by atoms with Crippen LogP contribution in [0.1, 0.15) is 61.3 Å². The zero-order valence-electron chi connectivity index (χ0n) is 15.5. The van der Waals surface area contributed by atoms with Gasteiger partial charge in [0.05, 0.1) is 18.0 Å². The third kappa shape index (κ3) is 6.51. The van der Waals surface area contributed by atoms with Crippen LogP contribution >= 0.6 is 0 Å². The number of hydrogen-bond donors (Lipinski definition) is 0. The van der Waals surface area contributed by atoms with Gasteiger partial charge in [0.2, 0.25) is 0 Å². The summed E-state index contributed by atoms with van der Waals surface area (Å²) in [5, 5.41) is 7.63. The molecule has 26 heavy (non-hydrogen) atoms. The molecule has 0 unspecified atom stereocenters. The van der Waals surface area contributed by atoms with E-state index in [1.807, 2.05) is 31.2 Å². The van der Waals surface area contributed by atoms with Gasteiger partial charge in [-0.2, -0.15) is 10.2 Å². The van der Waals surface area contributed by atoms with Crippen molar-refractivity contribution in [3.63, 3.8) is 0 Å². The Morgan fingerprint density at radius 3 is 2.12 bits per heavy atom. The Bertz CT molecular complexity index is 726. The first-order valence-electron chi connectivity index (χ1n) is 9.21. The minimum atomic E-state index is -0.595. The number of unbranched alkanes of at least 4 members (excludes halogenated alkanes) is 4. The van der Waals surface area contributed by atoms with Crippen molar-refractivity contribution in [2.24, 2.45) is 10.2 Å². The molecular weight excluding hydrogens is 330 g/mol. The summed E-state index contributed by atoms with van der Waals surface area (Å²) in [4.78, 5) is 0. The number of hydrogen-bond acceptors (Lipinski definition) is 2. The molecule has 0 amide bonds. The molecule has 0 saturated heterocycles. The van der Waals surface area contributed by atoms with Crippen molar-refractivity contribution in [2.45, 2.75) is 52.4 Å². The lowest BCUT2D eigenvalue weighted by atomic mass is 10.0. The molecule has 0 N–H and O–H groups in total. The van der Waals surface area contributed by atoms with E-state index in [1.165, 1.54) is 31.4 Å². The van der Waals surface area contributed by atoms with Gasteiger partial charge < -0.3 is 0 Å². The van der Waals surface area contributed by atoms with Crippen molar-refractivity contribution in [1.29, 1.82) is 0 Å². The van der Waals surface area contributed by atoms with Gasteiger partial charge in [-0.1, -0.05) is 62.4 Å². The van der Waals surface area contributed by atoms with E-state index in [2.05, 4.69) is 17.1 Å². The summed E-state index contributed by atoms with van der Waals surface area (Å²) in [6.07, 6.45) is 8.98. The lowest BCUT2D eigenvalue weighted by molar-refractivity contribution is 0.572. The van der Waals surface area contributed by atoms with Gasteiger partial charge >= 0.3 is 0 Å². The molecule has 4 heteroatoms. The van der Waals surface area contributed by atoms with E-state index < -0.39 is 11.6 Å². The maximum absolute atomic E-state index is 14.2. The molecule has 138 valence electrons. The molecule has 0 aliphatic heterocycles. The predicted molar refractivity (Wildman–Crippen MR) is 105 cm³/mol. The highest BCUT2D eigenvalue weighted by molar-refractivity contribution is 5.83. The Morgan fingerprint density at radius 2 is 1.46 bits per heavy atom. The number of benzene rings is 2. The average Bonchev–Trinajstić information content (AvgIpc) is 2.62. The minimum Gasteiger partial charge on any atom is -0.206 e. The maximum atomic E-state index is 14.2. The van der Waals surface area contributed by atoms with Crippen LogP contribution in [0.3, 0.4) is 0 Å². The van der Waals surface area contributed by atoms with Crippen LogP contribution in [0.2, 0.25) is 0 Å². The van der Waals surface area contributed by atoms with Crippen LogP contribution in [0.5, 0.6) is 0 Å². The largest absolute Gasteiger partial charge is 0.206 e. The van der Waals surface area contributed by atoms with Gasteiger partial charge in [-0.3, -0.25) is 0 Å². The van der Waals surface area contributed by atoms with Gasteiger partial charge in [0.15, 0.2) is 0 Å². The van der Waals surface area contributed by atoms with Crippen molar-refractivity contribution < 1.29 is 8.78 Å². The zero-order chi connectivity index (χ0) is 18.8. The number of rotatable bonds is 9. The van der Waals surface area contributed by atoms with Crippen LogP contribution in [0.25, 0.3) is 0 Å². The van der Waals surface area contributed by atoms with Gasteiger partial charge in [-0.25, -0.2) is 8.78 Å². The van der Waals surface area contributed by atoms with Gasteiger partial charge in [0.25, 0.3) is 0 Å². The van der Waals surface area contributed by atoms with Gasteiger partial charge in [0.1, 0.15) is 11.6 Å². The molecular formula is C22H26F2N2. The molecule has 0 atom stereocenters. The second kappa shape index (κ2) is 10.6. The van der Waals surface area contributed by atoms with E-state index in [9.17, 15) is 8.78 Å². The normalized spacial score (nSPS) is 11.7. The van der Waals surface area contributed by atoms with Crippen molar-refractivity contribution in [3.05, 3.63) is 70.3 Å². The van der Waals surface area contributed by atoms with Crippen LogP contribution in [-0.2, 0) is 6.42 Å². The average molecular weight is 356 g/mol. The van der Waals surface area contributed by atoms with E-state index in [0.717, 1.165) is 30.2 Å². The molecule has 0 radical (unpaired) electrons. The lowest BCUT2D eigenvalue weighted by Gasteiger charge is -2.05. The summed E-state index contributed by atoms with van der Waals surface area (Å²) in [5.74, 6) is -1.19. The van der Waals surface area contributed by atoms with E-state index in [1.54, 1.807) is 6.21 Å². The number of nitrogens with zero attached hydrogens (tertiary/aromatic N) is 2. The molecule has 0 bridgehead atoms. The van der Waals surface area contributed by atoms with Crippen LogP contribution in [-0.4, -0.2) is 12.4 Å². The predicted octanol–water partition coefficient (Wildman–Crippen LogP) is 6.24. The molecule has 0 spiro atoms. The highest BCUT2D eigenvalue weighted by Crippen LogP contribution is 2.16. The Hall–Kier alpha value is -2.36. The Kier molecular flexibility index (Phi) is 8.13. The molecule has 0 aliphatic rings. The first kappa shape index (κ1) is 20.0. The smallest absolute Gasteiger partial charge is 0.135 e. The van der Waals surface area contributed by atoms with Crippen molar-refractivity contribution in [3.8, 4) is 0 Å². The summed E-state index contributed by atoms with van der Waals surface area (Å²) in [5.41, 5.74) is 2.57. The van der Waals surface area contributed by atoms with Crippen LogP contribution < -0.4 is 0 Å². The molecule has 0 saturated carbocycles. The third-order valence-electron chi connectivity index (χ3n) is 4.25. The molecule has 2 nitrogen and oxygen atoms in total. The van der Waals surface area contributed by atoms with Crippen LogP contribution in [0.4, 0.5) is 8.78 Å². The topological polar surface area (TPSA) is 24.7 Å². The monoisotopic (exact) mass is 356 g/mol. The van der Waals surface area contributed by atoms with E-state index >= 15 is 0 Å². The third-order valence-corrected chi connectivity index (χ3v) is 4.25. The van der Waals surface area contributed by atoms with E-state index in [4.69, 9.17) is 0 Å². The van der Waals surface area contributed by atoms with Gasteiger partial charge in [-0.15, -0.1) is 0 Å². The Balaban J connectivity index is 1.95. The van der Waals surface area contributed by atoms with Crippen LogP contribution in [0, 0.1) is 18.6 Å².